The molecule has 96 valence electrons. The zero-order valence-corrected chi connectivity index (χ0v) is 13.7. The second-order valence-electron chi connectivity index (χ2n) is 3.81. The molecule has 1 aromatic rings. The largest absolute Gasteiger partial charge is 0.492 e. The summed E-state index contributed by atoms with van der Waals surface area (Å²) in [6.45, 7) is 2.73. The highest BCUT2D eigenvalue weighted by Gasteiger charge is 1.94. The molecule has 0 heterocycles. The van der Waals surface area contributed by atoms with Crippen molar-refractivity contribution in [3.8, 4) is 5.75 Å². The summed E-state index contributed by atoms with van der Waals surface area (Å²) in [6, 6.07) is 7.95. The van der Waals surface area contributed by atoms with E-state index in [1.807, 2.05) is 24.3 Å². The molecule has 1 aromatic carbocycles. The fourth-order valence-corrected chi connectivity index (χ4v) is 2.36. The third-order valence-electron chi connectivity index (χ3n) is 2.33. The van der Waals surface area contributed by atoms with Crippen molar-refractivity contribution in [1.29, 1.82) is 0 Å². The average molecular weight is 412 g/mol. The summed E-state index contributed by atoms with van der Waals surface area (Å²) in [5.74, 6) is 0.922. The fraction of sp³-hybridized carbons (Fsp3) is 0.538. The monoisotopic (exact) mass is 411 g/mol. The van der Waals surface area contributed by atoms with Gasteiger partial charge in [-0.25, -0.2) is 0 Å². The molecule has 0 bridgehead atoms. The minimum Gasteiger partial charge on any atom is -0.492 e. The lowest BCUT2D eigenvalue weighted by Crippen LogP contribution is -2.22. The maximum Gasteiger partial charge on any atom is 0.120 e. The Kier molecular flexibility index (Phi) is 9.10. The number of benzene rings is 1. The molecule has 0 radical (unpaired) electrons. The number of unbranched alkanes of at least 4 members (excludes halogenated alkanes) is 2. The third kappa shape index (κ3) is 8.00. The molecule has 0 spiro atoms. The second kappa shape index (κ2) is 10.1. The van der Waals surface area contributed by atoms with Crippen molar-refractivity contribution in [2.24, 2.45) is 0 Å². The maximum absolute atomic E-state index is 5.62. The summed E-state index contributed by atoms with van der Waals surface area (Å²) >= 11 is 5.85. The van der Waals surface area contributed by atoms with E-state index in [1.165, 1.54) is 23.7 Å². The van der Waals surface area contributed by atoms with Gasteiger partial charge < -0.3 is 10.1 Å². The van der Waals surface area contributed by atoms with E-state index < -0.39 is 0 Å². The van der Waals surface area contributed by atoms with Gasteiger partial charge in [0.2, 0.25) is 0 Å². The van der Waals surface area contributed by atoms with Crippen molar-refractivity contribution in [1.82, 2.24) is 5.32 Å². The summed E-state index contributed by atoms with van der Waals surface area (Å²) in [5.41, 5.74) is 0. The Morgan fingerprint density at radius 1 is 1.18 bits per heavy atom. The van der Waals surface area contributed by atoms with Crippen LogP contribution in [-0.2, 0) is 0 Å². The first-order chi connectivity index (χ1) is 8.33. The van der Waals surface area contributed by atoms with Crippen LogP contribution in [0.2, 0.25) is 0 Å². The van der Waals surface area contributed by atoms with Crippen LogP contribution in [0.25, 0.3) is 0 Å². The van der Waals surface area contributed by atoms with E-state index in [9.17, 15) is 0 Å². The molecular formula is C13H19BrINO. The van der Waals surface area contributed by atoms with Crippen molar-refractivity contribution in [3.63, 3.8) is 0 Å². The number of ether oxygens (including phenoxy) is 1. The maximum atomic E-state index is 5.62. The average Bonchev–Trinajstić information content (AvgIpc) is 2.33. The van der Waals surface area contributed by atoms with Gasteiger partial charge in [0.05, 0.1) is 0 Å². The second-order valence-corrected chi connectivity index (χ2v) is 5.80. The van der Waals surface area contributed by atoms with Crippen LogP contribution in [0.4, 0.5) is 0 Å². The van der Waals surface area contributed by atoms with Crippen LogP contribution < -0.4 is 10.1 Å². The predicted molar refractivity (Wildman–Crippen MR) is 85.2 cm³/mol. The summed E-state index contributed by atoms with van der Waals surface area (Å²) in [4.78, 5) is 0. The fourth-order valence-electron chi connectivity index (χ4n) is 1.44. The molecule has 4 heteroatoms. The van der Waals surface area contributed by atoms with Gasteiger partial charge in [-0.15, -0.1) is 0 Å². The highest BCUT2D eigenvalue weighted by Crippen LogP contribution is 2.17. The zero-order chi connectivity index (χ0) is 12.3. The number of hydrogen-bond acceptors (Lipinski definition) is 2. The molecule has 17 heavy (non-hydrogen) atoms. The van der Waals surface area contributed by atoms with Crippen LogP contribution in [0.15, 0.2) is 28.7 Å². The third-order valence-corrected chi connectivity index (χ3v) is 3.59. The summed E-state index contributed by atoms with van der Waals surface area (Å²) < 4.78 is 7.95. The molecule has 0 aliphatic rings. The first kappa shape index (κ1) is 15.2. The molecule has 0 unspecified atom stereocenters. The van der Waals surface area contributed by atoms with E-state index in [1.54, 1.807) is 0 Å². The Labute approximate surface area is 126 Å². The number of nitrogens with one attached hydrogen (secondary N) is 1. The molecule has 1 rings (SSSR count). The topological polar surface area (TPSA) is 21.3 Å². The summed E-state index contributed by atoms with van der Waals surface area (Å²) in [6.07, 6.45) is 3.92. The van der Waals surface area contributed by atoms with Crippen molar-refractivity contribution in [3.05, 3.63) is 28.7 Å². The van der Waals surface area contributed by atoms with E-state index in [-0.39, 0.29) is 0 Å². The Morgan fingerprint density at radius 2 is 2.06 bits per heavy atom. The lowest BCUT2D eigenvalue weighted by Gasteiger charge is -2.07. The number of halogens is 2. The Hall–Kier alpha value is 0.190. The van der Waals surface area contributed by atoms with Gasteiger partial charge in [-0.1, -0.05) is 51.0 Å². The molecule has 0 aliphatic carbocycles. The van der Waals surface area contributed by atoms with Crippen LogP contribution in [0, 0.1) is 0 Å². The summed E-state index contributed by atoms with van der Waals surface area (Å²) in [7, 11) is 0. The molecular weight excluding hydrogens is 393 g/mol. The van der Waals surface area contributed by atoms with Crippen molar-refractivity contribution >= 4 is 38.5 Å². The highest BCUT2D eigenvalue weighted by molar-refractivity contribution is 14.1. The van der Waals surface area contributed by atoms with Gasteiger partial charge in [-0.05, 0) is 42.0 Å². The first-order valence-electron chi connectivity index (χ1n) is 5.98. The number of rotatable bonds is 9. The smallest absolute Gasteiger partial charge is 0.120 e. The molecule has 2 nitrogen and oxygen atoms in total. The van der Waals surface area contributed by atoms with Gasteiger partial charge in [0, 0.05) is 11.0 Å². The first-order valence-corrected chi connectivity index (χ1v) is 8.30. The molecule has 0 fully saturated rings. The molecule has 0 aromatic heterocycles. The standard InChI is InChI=1S/C13H19BrINO/c14-12-5-4-6-13(11-12)17-10-9-16-8-3-1-2-7-15/h4-6,11,16H,1-3,7-10H2. The molecule has 0 aliphatic heterocycles. The zero-order valence-electron chi connectivity index (χ0n) is 9.92. The van der Waals surface area contributed by atoms with Crippen molar-refractivity contribution < 1.29 is 4.74 Å². The predicted octanol–water partition coefficient (Wildman–Crippen LogP) is 4.02. The normalized spacial score (nSPS) is 10.5. The lowest BCUT2D eigenvalue weighted by atomic mass is 10.2. The van der Waals surface area contributed by atoms with E-state index in [2.05, 4.69) is 43.8 Å². The molecule has 0 saturated carbocycles. The molecule has 1 N–H and O–H groups in total. The van der Waals surface area contributed by atoms with Crippen LogP contribution in [0.3, 0.4) is 0 Å². The SMILES string of the molecule is Brc1cccc(OCCNCCCCCI)c1. The van der Waals surface area contributed by atoms with Gasteiger partial charge in [0.25, 0.3) is 0 Å². The Bertz CT molecular complexity index is 309. The molecule has 0 atom stereocenters. The van der Waals surface area contributed by atoms with Gasteiger partial charge in [0.15, 0.2) is 0 Å². The Morgan fingerprint density at radius 3 is 2.82 bits per heavy atom. The summed E-state index contributed by atoms with van der Waals surface area (Å²) in [5, 5.41) is 3.39. The van der Waals surface area contributed by atoms with E-state index in [0.717, 1.165) is 29.9 Å². The Balaban J connectivity index is 1.97. The lowest BCUT2D eigenvalue weighted by molar-refractivity contribution is 0.313. The minimum atomic E-state index is 0.725. The van der Waals surface area contributed by atoms with Crippen LogP contribution in [-0.4, -0.2) is 24.1 Å². The van der Waals surface area contributed by atoms with E-state index in [0.29, 0.717) is 0 Å². The van der Waals surface area contributed by atoms with Crippen LogP contribution in [0.1, 0.15) is 19.3 Å². The van der Waals surface area contributed by atoms with Gasteiger partial charge in [0.1, 0.15) is 12.4 Å². The van der Waals surface area contributed by atoms with Crippen molar-refractivity contribution in [2.75, 3.05) is 24.1 Å². The number of hydrogen-bond donors (Lipinski definition) is 1. The van der Waals surface area contributed by atoms with Gasteiger partial charge >= 0.3 is 0 Å². The van der Waals surface area contributed by atoms with Gasteiger partial charge in [-0.2, -0.15) is 0 Å². The minimum absolute atomic E-state index is 0.725. The molecule has 0 amide bonds. The van der Waals surface area contributed by atoms with E-state index >= 15 is 0 Å². The van der Waals surface area contributed by atoms with Crippen LogP contribution >= 0.6 is 38.5 Å². The van der Waals surface area contributed by atoms with Crippen LogP contribution in [0.5, 0.6) is 5.75 Å². The highest BCUT2D eigenvalue weighted by atomic mass is 127. The van der Waals surface area contributed by atoms with Gasteiger partial charge in [-0.3, -0.25) is 0 Å². The molecule has 0 saturated heterocycles. The quantitative estimate of drug-likeness (QED) is 0.376. The van der Waals surface area contributed by atoms with Crippen molar-refractivity contribution in [2.45, 2.75) is 19.3 Å². The number of alkyl halides is 1. The van der Waals surface area contributed by atoms with E-state index in [4.69, 9.17) is 4.74 Å².